The molecule has 0 aliphatic heterocycles. The Balaban J connectivity index is 2.16. The lowest BCUT2D eigenvalue weighted by atomic mass is 10.3. The van der Waals surface area contributed by atoms with Gasteiger partial charge in [0, 0.05) is 18.1 Å². The molecular weight excluding hydrogens is 400 g/mol. The molecule has 1 aliphatic carbocycles. The maximum atomic E-state index is 13.5. The Hall–Kier alpha value is -3.34. The molecule has 0 saturated heterocycles. The number of ether oxygens (including phenoxy) is 2. The summed E-state index contributed by atoms with van der Waals surface area (Å²) in [5.41, 5.74) is 5.48. The van der Waals surface area contributed by atoms with Gasteiger partial charge in [0.2, 0.25) is 11.8 Å². The fourth-order valence-corrected chi connectivity index (χ4v) is 4.14. The summed E-state index contributed by atoms with van der Waals surface area (Å²) in [5, 5.41) is 0. The van der Waals surface area contributed by atoms with Gasteiger partial charge in [-0.25, -0.2) is 4.79 Å². The molecule has 0 radical (unpaired) electrons. The lowest BCUT2D eigenvalue weighted by Gasteiger charge is -2.28. The van der Waals surface area contributed by atoms with Crippen LogP contribution in [0.25, 0.3) is 0 Å². The highest BCUT2D eigenvalue weighted by Gasteiger charge is 2.44. The van der Waals surface area contributed by atoms with Crippen LogP contribution in [0.15, 0.2) is 42.5 Å². The van der Waals surface area contributed by atoms with Crippen LogP contribution in [-0.2, 0) is 15.0 Å². The number of benzene rings is 1. The van der Waals surface area contributed by atoms with E-state index in [-0.39, 0.29) is 27.4 Å². The zero-order chi connectivity index (χ0) is 21.2. The number of methoxy groups -OCH3 is 2. The minimum atomic E-state index is -4.75. The fraction of sp³-hybridized carbons (Fsp3) is 0.278. The van der Waals surface area contributed by atoms with Gasteiger partial charge in [-0.05, 0) is 25.0 Å². The van der Waals surface area contributed by atoms with Crippen LogP contribution in [-0.4, -0.2) is 39.6 Å². The first-order chi connectivity index (χ1) is 13.8. The predicted octanol–water partition coefficient (Wildman–Crippen LogP) is 1.67. The molecule has 154 valence electrons. The van der Waals surface area contributed by atoms with Gasteiger partial charge in [0.1, 0.15) is 5.75 Å². The molecule has 0 spiro atoms. The number of para-hydroxylation sites is 1. The van der Waals surface area contributed by atoms with Crippen molar-refractivity contribution in [1.82, 2.24) is 4.98 Å². The lowest BCUT2D eigenvalue weighted by molar-refractivity contribution is -0.118. The smallest absolute Gasteiger partial charge is 0.342 e. The van der Waals surface area contributed by atoms with Gasteiger partial charge in [-0.2, -0.15) is 22.0 Å². The van der Waals surface area contributed by atoms with E-state index in [0.717, 1.165) is 0 Å². The molecule has 1 fully saturated rings. The van der Waals surface area contributed by atoms with Gasteiger partial charge in [-0.1, -0.05) is 18.2 Å². The molecule has 0 atom stereocenters. The number of primary amides is 1. The van der Waals surface area contributed by atoms with Crippen LogP contribution >= 0.6 is 0 Å². The molecule has 2 N–H and O–H groups in total. The first-order valence-electron chi connectivity index (χ1n) is 8.63. The highest BCUT2D eigenvalue weighted by atomic mass is 32.2. The van der Waals surface area contributed by atoms with Gasteiger partial charge in [0.25, 0.3) is 0 Å². The van der Waals surface area contributed by atoms with E-state index in [1.807, 2.05) is 0 Å². The van der Waals surface area contributed by atoms with E-state index in [9.17, 15) is 18.0 Å². The first-order valence-corrected chi connectivity index (χ1v) is 10.0. The molecule has 1 heterocycles. The standard InChI is InChI=1S/C18H20N4O6S/c1-27-14-10-15(20-16(11-14)28-2)22(18(19)24)29(25,26)21(17(23)12-8-9-12)13-6-4-3-5-7-13/h3-7,10-12H,8-9H2,1-2H3,(H2,19,24). The number of nitrogens with two attached hydrogens (primary N) is 1. The molecule has 0 unspecified atom stereocenters. The van der Waals surface area contributed by atoms with Crippen molar-refractivity contribution >= 4 is 33.7 Å². The minimum absolute atomic E-state index is 0.000538. The highest BCUT2D eigenvalue weighted by Crippen LogP contribution is 2.36. The van der Waals surface area contributed by atoms with Crippen LogP contribution in [0.4, 0.5) is 16.3 Å². The van der Waals surface area contributed by atoms with Gasteiger partial charge in [0.05, 0.1) is 19.9 Å². The number of rotatable bonds is 7. The molecule has 1 saturated carbocycles. The summed E-state index contributed by atoms with van der Waals surface area (Å²) >= 11 is 0. The third-order valence-electron chi connectivity index (χ3n) is 4.19. The van der Waals surface area contributed by atoms with Crippen molar-refractivity contribution < 1.29 is 27.5 Å². The van der Waals surface area contributed by atoms with Crippen LogP contribution in [0.1, 0.15) is 12.8 Å². The normalized spacial score (nSPS) is 13.4. The van der Waals surface area contributed by atoms with E-state index in [4.69, 9.17) is 15.2 Å². The molecule has 11 heteroatoms. The van der Waals surface area contributed by atoms with E-state index in [1.54, 1.807) is 18.2 Å². The second-order valence-corrected chi connectivity index (χ2v) is 7.86. The number of anilines is 2. The molecule has 3 amide bonds. The average molecular weight is 420 g/mol. The van der Waals surface area contributed by atoms with Crippen molar-refractivity contribution in [3.63, 3.8) is 0 Å². The molecule has 29 heavy (non-hydrogen) atoms. The average Bonchev–Trinajstić information content (AvgIpc) is 3.53. The van der Waals surface area contributed by atoms with Crippen molar-refractivity contribution in [3.05, 3.63) is 42.5 Å². The largest absolute Gasteiger partial charge is 0.496 e. The zero-order valence-corrected chi connectivity index (χ0v) is 16.6. The fourth-order valence-electron chi connectivity index (χ4n) is 2.65. The molecule has 1 aliphatic rings. The summed E-state index contributed by atoms with van der Waals surface area (Å²) in [4.78, 5) is 29.0. The number of pyridine rings is 1. The van der Waals surface area contributed by atoms with Crippen molar-refractivity contribution in [3.8, 4) is 11.6 Å². The van der Waals surface area contributed by atoms with Crippen LogP contribution in [0.3, 0.4) is 0 Å². The molecule has 1 aromatic carbocycles. The highest BCUT2D eigenvalue weighted by molar-refractivity contribution is 7.95. The number of nitrogens with zero attached hydrogens (tertiary/aromatic N) is 3. The number of amides is 3. The van der Waals surface area contributed by atoms with Crippen molar-refractivity contribution in [1.29, 1.82) is 0 Å². The SMILES string of the molecule is COc1cc(OC)nc(N(C(N)=O)S(=O)(=O)N(C(=O)C2CC2)c2ccccc2)c1. The van der Waals surface area contributed by atoms with Gasteiger partial charge >= 0.3 is 16.2 Å². The van der Waals surface area contributed by atoms with E-state index in [0.29, 0.717) is 17.1 Å². The summed E-state index contributed by atoms with van der Waals surface area (Å²) < 4.78 is 37.9. The van der Waals surface area contributed by atoms with Crippen LogP contribution in [0.5, 0.6) is 11.6 Å². The minimum Gasteiger partial charge on any atom is -0.496 e. The van der Waals surface area contributed by atoms with Crippen molar-refractivity contribution in [2.75, 3.05) is 22.8 Å². The lowest BCUT2D eigenvalue weighted by Crippen LogP contribution is -2.52. The van der Waals surface area contributed by atoms with Gasteiger partial charge in [0.15, 0.2) is 5.82 Å². The zero-order valence-electron chi connectivity index (χ0n) is 15.8. The van der Waals surface area contributed by atoms with Gasteiger partial charge < -0.3 is 15.2 Å². The van der Waals surface area contributed by atoms with Crippen LogP contribution in [0.2, 0.25) is 0 Å². The maximum absolute atomic E-state index is 13.5. The van der Waals surface area contributed by atoms with Gasteiger partial charge in [-0.15, -0.1) is 0 Å². The second kappa shape index (κ2) is 7.95. The predicted molar refractivity (Wildman–Crippen MR) is 105 cm³/mol. The first kappa shape index (κ1) is 20.4. The third kappa shape index (κ3) is 4.09. The Labute approximate surface area is 168 Å². The Morgan fingerprint density at radius 1 is 1.07 bits per heavy atom. The number of hydrogen-bond acceptors (Lipinski definition) is 7. The van der Waals surface area contributed by atoms with E-state index < -0.39 is 28.1 Å². The second-order valence-electron chi connectivity index (χ2n) is 6.23. The Bertz CT molecular complexity index is 1000. The summed E-state index contributed by atoms with van der Waals surface area (Å²) in [6.07, 6.45) is 1.14. The summed E-state index contributed by atoms with van der Waals surface area (Å²) in [7, 11) is -2.08. The van der Waals surface area contributed by atoms with Gasteiger partial charge in [-0.3, -0.25) is 4.79 Å². The number of urea groups is 1. The Morgan fingerprint density at radius 3 is 2.24 bits per heavy atom. The summed E-state index contributed by atoms with van der Waals surface area (Å²) in [6, 6.07) is 9.02. The third-order valence-corrected chi connectivity index (χ3v) is 5.87. The van der Waals surface area contributed by atoms with E-state index >= 15 is 0 Å². The molecule has 1 aromatic heterocycles. The van der Waals surface area contributed by atoms with Crippen molar-refractivity contribution in [2.45, 2.75) is 12.8 Å². The molecule has 0 bridgehead atoms. The topological polar surface area (TPSA) is 132 Å². The van der Waals surface area contributed by atoms with Crippen LogP contribution in [0, 0.1) is 5.92 Å². The monoisotopic (exact) mass is 420 g/mol. The Morgan fingerprint density at radius 2 is 1.72 bits per heavy atom. The maximum Gasteiger partial charge on any atom is 0.342 e. The molecule has 3 rings (SSSR count). The van der Waals surface area contributed by atoms with E-state index in [1.165, 1.54) is 38.5 Å². The quantitative estimate of drug-likeness (QED) is 0.720. The number of aromatic nitrogens is 1. The van der Waals surface area contributed by atoms with E-state index in [2.05, 4.69) is 4.98 Å². The van der Waals surface area contributed by atoms with Crippen molar-refractivity contribution in [2.24, 2.45) is 11.7 Å². The summed E-state index contributed by atoms with van der Waals surface area (Å²) in [5.74, 6) is -1.25. The number of carbonyl (C=O) groups excluding carboxylic acids is 2. The van der Waals surface area contributed by atoms with Crippen LogP contribution < -0.4 is 23.8 Å². The summed E-state index contributed by atoms with van der Waals surface area (Å²) in [6.45, 7) is 0. The number of hydrogen-bond donors (Lipinski definition) is 1. The molecule has 2 aromatic rings. The molecule has 10 nitrogen and oxygen atoms in total. The number of carbonyl (C=O) groups is 2. The molecular formula is C18H20N4O6S. The Kier molecular flexibility index (Phi) is 5.59.